The number of hydrogen-bond donors (Lipinski definition) is 1. The number of ether oxygens (including phenoxy) is 1. The molecule has 0 spiro atoms. The predicted octanol–water partition coefficient (Wildman–Crippen LogP) is -1.06. The van der Waals surface area contributed by atoms with Crippen LogP contribution in [0, 0.1) is 0 Å². The van der Waals surface area contributed by atoms with E-state index in [0.717, 1.165) is 0 Å². The minimum atomic E-state index is -0.775. The van der Waals surface area contributed by atoms with Crippen LogP contribution in [0.5, 0.6) is 0 Å². The molecule has 1 rings (SSSR count). The van der Waals surface area contributed by atoms with E-state index in [1.165, 1.54) is 0 Å². The van der Waals surface area contributed by atoms with E-state index in [9.17, 15) is 4.79 Å². The van der Waals surface area contributed by atoms with Crippen molar-refractivity contribution in [2.45, 2.75) is 12.5 Å². The van der Waals surface area contributed by atoms with E-state index >= 15 is 0 Å². The Kier molecular flexibility index (Phi) is 3.35. The Hall–Kier alpha value is 0.196. The highest BCUT2D eigenvalue weighted by molar-refractivity contribution is 5.75. The summed E-state index contributed by atoms with van der Waals surface area (Å²) < 4.78 is 4.64. The Morgan fingerprint density at radius 3 is 2.50 bits per heavy atom. The fraction of sp³-hybridized carbons (Fsp3) is 0.750. The molecule has 8 heavy (non-hydrogen) atoms. The van der Waals surface area contributed by atoms with Crippen LogP contribution in [0.1, 0.15) is 6.42 Å². The third-order valence-corrected chi connectivity index (χ3v) is 0.805. The van der Waals surface area contributed by atoms with Crippen LogP contribution in [0.2, 0.25) is 0 Å². The monoisotopic (exact) mass is 128 g/mol. The molecule has 0 radical (unpaired) electrons. The number of carboxylic acids is 1. The van der Waals surface area contributed by atoms with Gasteiger partial charge in [0.05, 0.1) is 19.1 Å². The fourth-order valence-electron chi connectivity index (χ4n) is 0.381. The Labute approximate surface area is 63.2 Å². The van der Waals surface area contributed by atoms with E-state index in [-0.39, 0.29) is 35.6 Å². The average Bonchev–Trinajstić information content (AvgIpc) is 2.17. The van der Waals surface area contributed by atoms with Gasteiger partial charge in [0.2, 0.25) is 0 Å². The second kappa shape index (κ2) is 3.27. The van der Waals surface area contributed by atoms with Crippen LogP contribution < -0.4 is 0 Å². The van der Waals surface area contributed by atoms with Gasteiger partial charge in [-0.2, -0.15) is 0 Å². The first-order valence-electron chi connectivity index (χ1n) is 2.12. The first-order chi connectivity index (χ1) is 3.29. The van der Waals surface area contributed by atoms with Gasteiger partial charge in [0.15, 0.2) is 0 Å². The van der Waals surface area contributed by atoms with Crippen molar-refractivity contribution in [2.24, 2.45) is 0 Å². The van der Waals surface area contributed by atoms with Crippen molar-refractivity contribution in [3.8, 4) is 0 Å². The second-order valence-corrected chi connectivity index (χ2v) is 1.55. The summed E-state index contributed by atoms with van der Waals surface area (Å²) in [6.45, 7) is 0.631. The molecule has 0 aromatic heterocycles. The molecule has 1 heterocycles. The van der Waals surface area contributed by atoms with Crippen LogP contribution in [0.25, 0.3) is 0 Å². The van der Waals surface area contributed by atoms with E-state index in [2.05, 4.69) is 4.74 Å². The summed E-state index contributed by atoms with van der Waals surface area (Å²) in [5, 5.41) is 8.04. The lowest BCUT2D eigenvalue weighted by Gasteiger charge is -1.80. The molecular formula is C4H8MgO3. The summed E-state index contributed by atoms with van der Waals surface area (Å²) in [5.41, 5.74) is 0. The molecule has 0 amide bonds. The van der Waals surface area contributed by atoms with Crippen LogP contribution in [0.15, 0.2) is 0 Å². The summed E-state index contributed by atoms with van der Waals surface area (Å²) in [6.07, 6.45) is 0.192. The molecule has 0 bridgehead atoms. The van der Waals surface area contributed by atoms with Crippen LogP contribution in [0.4, 0.5) is 0 Å². The molecule has 0 aliphatic carbocycles. The van der Waals surface area contributed by atoms with Crippen molar-refractivity contribution in [3.05, 3.63) is 0 Å². The normalized spacial score (nSPS) is 23.8. The first kappa shape index (κ1) is 8.20. The van der Waals surface area contributed by atoms with Gasteiger partial charge >= 0.3 is 29.0 Å². The molecule has 3 nitrogen and oxygen atoms in total. The maximum Gasteiger partial charge on any atom is 0.316 e. The second-order valence-electron chi connectivity index (χ2n) is 1.55. The fourth-order valence-corrected chi connectivity index (χ4v) is 0.381. The number of carboxylic acid groups (broad SMARTS) is 1. The molecule has 1 aliphatic heterocycles. The summed E-state index contributed by atoms with van der Waals surface area (Å²) in [7, 11) is 0. The van der Waals surface area contributed by atoms with Crippen molar-refractivity contribution >= 4 is 29.0 Å². The number of aliphatic carboxylic acids is 1. The molecule has 4 heteroatoms. The molecule has 1 atom stereocenters. The van der Waals surface area contributed by atoms with Crippen LogP contribution in [0.3, 0.4) is 0 Å². The minimum absolute atomic E-state index is 0. The van der Waals surface area contributed by atoms with Gasteiger partial charge in [-0.3, -0.25) is 4.79 Å². The molecular weight excluding hydrogens is 120 g/mol. The number of epoxide rings is 1. The summed E-state index contributed by atoms with van der Waals surface area (Å²) in [5.74, 6) is -0.775. The van der Waals surface area contributed by atoms with Crippen molar-refractivity contribution < 1.29 is 14.6 Å². The maximum atomic E-state index is 9.77. The zero-order valence-electron chi connectivity index (χ0n) is 3.76. The van der Waals surface area contributed by atoms with E-state index in [0.29, 0.717) is 6.61 Å². The van der Waals surface area contributed by atoms with Crippen molar-refractivity contribution in [1.82, 2.24) is 0 Å². The lowest BCUT2D eigenvalue weighted by Crippen LogP contribution is -1.98. The Balaban J connectivity index is 0.000000490. The van der Waals surface area contributed by atoms with Gasteiger partial charge in [0.25, 0.3) is 0 Å². The zero-order chi connectivity index (χ0) is 5.28. The molecule has 0 aromatic carbocycles. The van der Waals surface area contributed by atoms with Crippen LogP contribution >= 0.6 is 0 Å². The zero-order valence-corrected chi connectivity index (χ0v) is 3.76. The van der Waals surface area contributed by atoms with Gasteiger partial charge < -0.3 is 9.84 Å². The summed E-state index contributed by atoms with van der Waals surface area (Å²) in [6, 6.07) is 0. The lowest BCUT2D eigenvalue weighted by atomic mass is 10.3. The molecule has 1 fully saturated rings. The van der Waals surface area contributed by atoms with E-state index in [1.54, 1.807) is 0 Å². The highest BCUT2D eigenvalue weighted by atomic mass is 24.3. The first-order valence-corrected chi connectivity index (χ1v) is 2.12. The van der Waals surface area contributed by atoms with Gasteiger partial charge in [-0.1, -0.05) is 0 Å². The third-order valence-electron chi connectivity index (χ3n) is 0.805. The van der Waals surface area contributed by atoms with E-state index in [1.807, 2.05) is 0 Å². The Morgan fingerprint density at radius 2 is 2.38 bits per heavy atom. The quantitative estimate of drug-likeness (QED) is 0.381. The Morgan fingerprint density at radius 1 is 1.88 bits per heavy atom. The van der Waals surface area contributed by atoms with E-state index in [4.69, 9.17) is 5.11 Å². The Bertz CT molecular complexity index is 89.3. The van der Waals surface area contributed by atoms with Crippen LogP contribution in [-0.4, -0.2) is 46.8 Å². The summed E-state index contributed by atoms with van der Waals surface area (Å²) >= 11 is 0. The molecule has 1 N–H and O–H groups in total. The molecule has 1 unspecified atom stereocenters. The molecule has 1 aliphatic rings. The van der Waals surface area contributed by atoms with Crippen molar-refractivity contribution in [1.29, 1.82) is 0 Å². The lowest BCUT2D eigenvalue weighted by molar-refractivity contribution is -0.137. The molecule has 0 aromatic rings. The van der Waals surface area contributed by atoms with Gasteiger partial charge in [-0.05, 0) is 0 Å². The highest BCUT2D eigenvalue weighted by Crippen LogP contribution is 2.12. The highest BCUT2D eigenvalue weighted by Gasteiger charge is 2.24. The van der Waals surface area contributed by atoms with Crippen LogP contribution in [-0.2, 0) is 9.53 Å². The SMILES string of the molecule is O=C(O)CC1CO1.[MgH2]. The number of hydrogen-bond acceptors (Lipinski definition) is 2. The van der Waals surface area contributed by atoms with Gasteiger partial charge in [0, 0.05) is 0 Å². The average molecular weight is 128 g/mol. The number of carbonyl (C=O) groups is 1. The van der Waals surface area contributed by atoms with Gasteiger partial charge in [-0.15, -0.1) is 0 Å². The topological polar surface area (TPSA) is 49.8 Å². The van der Waals surface area contributed by atoms with Crippen molar-refractivity contribution in [3.63, 3.8) is 0 Å². The molecule has 0 saturated carbocycles. The van der Waals surface area contributed by atoms with Gasteiger partial charge in [-0.25, -0.2) is 0 Å². The molecule has 1 saturated heterocycles. The third kappa shape index (κ3) is 3.23. The largest absolute Gasteiger partial charge is 0.481 e. The van der Waals surface area contributed by atoms with Gasteiger partial charge in [0.1, 0.15) is 0 Å². The molecule has 44 valence electrons. The number of rotatable bonds is 2. The standard InChI is InChI=1S/C4H6O3.Mg.2H/c5-4(6)1-3-2-7-3;;;/h3H,1-2H2,(H,5,6);;;. The van der Waals surface area contributed by atoms with Crippen molar-refractivity contribution in [2.75, 3.05) is 6.61 Å². The summed E-state index contributed by atoms with van der Waals surface area (Å²) in [4.78, 5) is 9.77. The maximum absolute atomic E-state index is 9.77. The van der Waals surface area contributed by atoms with E-state index < -0.39 is 5.97 Å². The smallest absolute Gasteiger partial charge is 0.316 e. The predicted molar refractivity (Wildman–Crippen MR) is 30.5 cm³/mol. The minimum Gasteiger partial charge on any atom is -0.481 e.